The molecule has 4 aromatic heterocycles. The molecule has 9 nitrogen and oxygen atoms in total. The number of rotatable bonds is 4. The van der Waals surface area contributed by atoms with Gasteiger partial charge in [0.2, 0.25) is 11.8 Å². The van der Waals surface area contributed by atoms with Crippen LogP contribution in [0.1, 0.15) is 22.3 Å². The van der Waals surface area contributed by atoms with Crippen LogP contribution in [0.5, 0.6) is 11.8 Å². The van der Waals surface area contributed by atoms with Gasteiger partial charge in [-0.15, -0.1) is 0 Å². The first-order valence-corrected chi connectivity index (χ1v) is 15.0. The summed E-state index contributed by atoms with van der Waals surface area (Å²) >= 11 is 0. The van der Waals surface area contributed by atoms with Gasteiger partial charge < -0.3 is 33.5 Å². The summed E-state index contributed by atoms with van der Waals surface area (Å²) in [5.74, 6) is 2.29. The molecule has 0 spiro atoms. The third-order valence-corrected chi connectivity index (χ3v) is 9.21. The van der Waals surface area contributed by atoms with Crippen LogP contribution in [0.25, 0.3) is 11.6 Å². The fourth-order valence-corrected chi connectivity index (χ4v) is 7.05. The van der Waals surface area contributed by atoms with Crippen molar-refractivity contribution in [3.8, 4) is 23.4 Å². The van der Waals surface area contributed by atoms with Gasteiger partial charge in [-0.1, -0.05) is 87.6 Å². The molecule has 0 saturated carbocycles. The van der Waals surface area contributed by atoms with Gasteiger partial charge in [0, 0.05) is 35.6 Å². The number of aryl methyl sites for hydroxylation is 4. The number of imidazole rings is 2. The summed E-state index contributed by atoms with van der Waals surface area (Å²) in [6.07, 6.45) is 9.98. The van der Waals surface area contributed by atoms with E-state index in [2.05, 4.69) is 105 Å². The van der Waals surface area contributed by atoms with Gasteiger partial charge in [-0.05, 0) is 60.1 Å². The van der Waals surface area contributed by atoms with Crippen LogP contribution in [0.4, 0.5) is 11.4 Å². The Bertz CT molecular complexity index is 1940. The van der Waals surface area contributed by atoms with Crippen molar-refractivity contribution in [3.63, 3.8) is 0 Å². The minimum Gasteiger partial charge on any atom is -0.452 e. The van der Waals surface area contributed by atoms with Crippen LogP contribution < -0.4 is 36.6 Å². The molecule has 0 aliphatic carbocycles. The van der Waals surface area contributed by atoms with Crippen LogP contribution in [-0.4, -0.2) is 56.9 Å². The Labute approximate surface area is 283 Å². The van der Waals surface area contributed by atoms with Crippen molar-refractivity contribution in [2.75, 3.05) is 23.7 Å². The first-order valence-electron chi connectivity index (χ1n) is 15.0. The standard InChI is InChI=1S/C34H30B2N8O.Pt/c1-21-9-7-10-22(2)30(21)35-27-19-37-20-44(27)33-26(41(35)5)14-16-29(40-33)45-28-15-13-25-32(39-28)43-18-17-38-34(43)36(42(25)6)31-23(3)11-8-12-24(31)4;/h7-17,19H,1-6H3;/q-2;+2. The van der Waals surface area contributed by atoms with Gasteiger partial charge in [0.15, 0.2) is 0 Å². The van der Waals surface area contributed by atoms with Crippen molar-refractivity contribution in [3.05, 3.63) is 108 Å². The van der Waals surface area contributed by atoms with Crippen LogP contribution in [0.2, 0.25) is 0 Å². The van der Waals surface area contributed by atoms with Gasteiger partial charge >= 0.3 is 21.1 Å². The summed E-state index contributed by atoms with van der Waals surface area (Å²) in [5, 5.41) is 0. The predicted octanol–water partition coefficient (Wildman–Crippen LogP) is 2.58. The molecule has 0 saturated heterocycles. The van der Waals surface area contributed by atoms with E-state index in [1.54, 1.807) is 6.20 Å². The Morgan fingerprint density at radius 2 is 1.20 bits per heavy atom. The third kappa shape index (κ3) is 4.51. The summed E-state index contributed by atoms with van der Waals surface area (Å²) < 4.78 is 10.2. The average molecular weight is 783 g/mol. The van der Waals surface area contributed by atoms with E-state index in [9.17, 15) is 0 Å². The van der Waals surface area contributed by atoms with Crippen LogP contribution in [-0.2, 0) is 21.1 Å². The quantitative estimate of drug-likeness (QED) is 0.201. The first-order chi connectivity index (χ1) is 21.8. The van der Waals surface area contributed by atoms with Crippen LogP contribution in [0.15, 0.2) is 73.1 Å². The van der Waals surface area contributed by atoms with Gasteiger partial charge in [0.1, 0.15) is 0 Å². The number of pyridine rings is 2. The summed E-state index contributed by atoms with van der Waals surface area (Å²) in [4.78, 5) is 23.5. The minimum absolute atomic E-state index is 0. The van der Waals surface area contributed by atoms with E-state index in [0.717, 1.165) is 22.7 Å². The third-order valence-electron chi connectivity index (χ3n) is 9.21. The fraction of sp³-hybridized carbons (Fsp3) is 0.176. The summed E-state index contributed by atoms with van der Waals surface area (Å²) in [5.41, 5.74) is 11.2. The number of nitrogens with zero attached hydrogens (tertiary/aromatic N) is 8. The van der Waals surface area contributed by atoms with Crippen LogP contribution in [0, 0.1) is 40.2 Å². The van der Waals surface area contributed by atoms with E-state index in [0.29, 0.717) is 23.4 Å². The zero-order valence-electron chi connectivity index (χ0n) is 26.4. The second-order valence-corrected chi connectivity index (χ2v) is 11.9. The monoisotopic (exact) mass is 783 g/mol. The van der Waals surface area contributed by atoms with Gasteiger partial charge in [0.05, 0.1) is 11.6 Å². The Balaban J connectivity index is 0.00000338. The summed E-state index contributed by atoms with van der Waals surface area (Å²) in [6.45, 7) is 8.53. The number of fused-ring (bicyclic) bond motifs is 6. The maximum Gasteiger partial charge on any atom is 2.00 e. The van der Waals surface area contributed by atoms with Crippen molar-refractivity contribution in [2.45, 2.75) is 27.7 Å². The summed E-state index contributed by atoms with van der Waals surface area (Å²) in [6, 6.07) is 20.7. The molecule has 12 heteroatoms. The SMILES string of the molecule is Cc1cccc(C)c1B1c2cn[c-]n2-c2nc(Oc3ccc4c(n3)-n3[c-]cnc3B(c3c(C)cccc3C)N4C)ccc2N1C.[Pt+2]. The molecule has 6 heterocycles. The van der Waals surface area contributed by atoms with Crippen molar-refractivity contribution < 1.29 is 25.8 Å². The van der Waals surface area contributed by atoms with E-state index in [4.69, 9.17) is 19.7 Å². The maximum absolute atomic E-state index is 6.31. The number of hydrogen-bond donors (Lipinski definition) is 0. The molecule has 2 aliphatic heterocycles. The van der Waals surface area contributed by atoms with Gasteiger partial charge in [-0.25, -0.2) is 4.98 Å². The van der Waals surface area contributed by atoms with Gasteiger partial charge in [-0.3, -0.25) is 4.98 Å². The minimum atomic E-state index is -0.0641. The molecular weight excluding hydrogens is 753 g/mol. The van der Waals surface area contributed by atoms with E-state index < -0.39 is 0 Å². The molecule has 0 atom stereocenters. The molecule has 2 aliphatic rings. The molecule has 0 fully saturated rings. The molecule has 0 bridgehead atoms. The molecule has 228 valence electrons. The first kappa shape index (κ1) is 30.1. The Kier molecular flexibility index (Phi) is 7.39. The van der Waals surface area contributed by atoms with Crippen molar-refractivity contribution in [1.82, 2.24) is 29.1 Å². The molecule has 2 aromatic carbocycles. The molecule has 0 unspecified atom stereocenters. The average Bonchev–Trinajstić information content (AvgIpc) is 3.71. The second kappa shape index (κ2) is 11.3. The summed E-state index contributed by atoms with van der Waals surface area (Å²) in [7, 11) is 4.18. The zero-order chi connectivity index (χ0) is 31.0. The van der Waals surface area contributed by atoms with E-state index in [1.807, 2.05) is 39.6 Å². The Morgan fingerprint density at radius 3 is 1.78 bits per heavy atom. The molecule has 0 radical (unpaired) electrons. The van der Waals surface area contributed by atoms with Crippen LogP contribution in [0.3, 0.4) is 0 Å². The number of hydrogen-bond acceptors (Lipinski definition) is 7. The molecule has 0 N–H and O–H groups in total. The van der Waals surface area contributed by atoms with Crippen molar-refractivity contribution in [1.29, 1.82) is 0 Å². The zero-order valence-corrected chi connectivity index (χ0v) is 28.7. The topological polar surface area (TPSA) is 77.1 Å². The normalized spacial score (nSPS) is 13.1. The van der Waals surface area contributed by atoms with E-state index >= 15 is 0 Å². The number of benzene rings is 2. The van der Waals surface area contributed by atoms with E-state index in [-0.39, 0.29) is 34.8 Å². The smallest absolute Gasteiger partial charge is 0.452 e. The van der Waals surface area contributed by atoms with Gasteiger partial charge in [-0.2, -0.15) is 0 Å². The van der Waals surface area contributed by atoms with Crippen molar-refractivity contribution >= 4 is 47.3 Å². The molecule has 6 aromatic rings. The van der Waals surface area contributed by atoms with E-state index in [1.165, 1.54) is 33.2 Å². The Morgan fingerprint density at radius 1 is 0.674 bits per heavy atom. The largest absolute Gasteiger partial charge is 2.00 e. The number of aromatic nitrogens is 6. The van der Waals surface area contributed by atoms with Crippen LogP contribution >= 0.6 is 0 Å². The predicted molar refractivity (Wildman–Crippen MR) is 179 cm³/mol. The fourth-order valence-electron chi connectivity index (χ4n) is 7.05. The number of anilines is 2. The maximum atomic E-state index is 6.31. The number of ether oxygens (including phenoxy) is 1. The second-order valence-electron chi connectivity index (χ2n) is 11.9. The molecule has 8 rings (SSSR count). The molecule has 46 heavy (non-hydrogen) atoms. The Hall–Kier alpha value is -4.62. The van der Waals surface area contributed by atoms with Crippen molar-refractivity contribution in [2.24, 2.45) is 0 Å². The molecular formula is C34H30B2N8OPt. The molecule has 0 amide bonds. The van der Waals surface area contributed by atoms with Gasteiger partial charge in [0.25, 0.3) is 13.7 Å².